The lowest BCUT2D eigenvalue weighted by Crippen LogP contribution is -2.31. The van der Waals surface area contributed by atoms with Crippen molar-refractivity contribution in [3.63, 3.8) is 0 Å². The van der Waals surface area contributed by atoms with Crippen molar-refractivity contribution in [1.82, 2.24) is 14.6 Å². The Morgan fingerprint density at radius 1 is 1.04 bits per heavy atom. The van der Waals surface area contributed by atoms with E-state index in [0.29, 0.717) is 12.1 Å². The molecule has 0 aliphatic carbocycles. The summed E-state index contributed by atoms with van der Waals surface area (Å²) in [5.41, 5.74) is 0.520. The van der Waals surface area contributed by atoms with Crippen LogP contribution in [0.2, 0.25) is 0 Å². The molecular formula is C18H27N3O2S. The molecule has 0 unspecified atom stereocenters. The fraction of sp³-hybridized carbons (Fsp3) is 0.500. The van der Waals surface area contributed by atoms with E-state index >= 15 is 0 Å². The van der Waals surface area contributed by atoms with E-state index in [-0.39, 0.29) is 4.90 Å². The molecule has 1 heterocycles. The smallest absolute Gasteiger partial charge is 0.242 e. The van der Waals surface area contributed by atoms with Crippen LogP contribution in [0, 0.1) is 0 Å². The Labute approximate surface area is 145 Å². The average molecular weight is 350 g/mol. The van der Waals surface area contributed by atoms with Gasteiger partial charge in [-0.1, -0.05) is 32.0 Å². The quantitative estimate of drug-likeness (QED) is 0.670. The van der Waals surface area contributed by atoms with Gasteiger partial charge in [-0.25, -0.2) is 13.1 Å². The molecule has 24 heavy (non-hydrogen) atoms. The summed E-state index contributed by atoms with van der Waals surface area (Å²) >= 11 is 0. The van der Waals surface area contributed by atoms with Gasteiger partial charge >= 0.3 is 0 Å². The minimum absolute atomic E-state index is 0.250. The standard InChI is InChI=1S/C18H27N3O2S/c1-3-13-21(14-4-2)15-7-12-20-24(22,23)17-10-5-8-16-9-6-11-19-18(16)17/h5-6,8-11,20H,3-4,7,12-15H2,1-2H3. The normalized spacial score (nSPS) is 12.1. The van der Waals surface area contributed by atoms with Crippen LogP contribution in [0.15, 0.2) is 41.4 Å². The van der Waals surface area contributed by atoms with E-state index in [1.165, 1.54) is 0 Å². The predicted octanol–water partition coefficient (Wildman–Crippen LogP) is 3.03. The largest absolute Gasteiger partial charge is 0.303 e. The summed E-state index contributed by atoms with van der Waals surface area (Å²) in [5, 5.41) is 0.831. The van der Waals surface area contributed by atoms with Crippen molar-refractivity contribution in [1.29, 1.82) is 0 Å². The van der Waals surface area contributed by atoms with Crippen LogP contribution in [0.25, 0.3) is 10.9 Å². The van der Waals surface area contributed by atoms with E-state index in [1.54, 1.807) is 18.3 Å². The molecule has 0 spiro atoms. The predicted molar refractivity (Wildman–Crippen MR) is 98.6 cm³/mol. The van der Waals surface area contributed by atoms with E-state index in [1.807, 2.05) is 18.2 Å². The highest BCUT2D eigenvalue weighted by Crippen LogP contribution is 2.20. The highest BCUT2D eigenvalue weighted by Gasteiger charge is 2.17. The summed E-state index contributed by atoms with van der Waals surface area (Å²) in [4.78, 5) is 6.86. The molecule has 2 rings (SSSR count). The minimum Gasteiger partial charge on any atom is -0.303 e. The van der Waals surface area contributed by atoms with Gasteiger partial charge < -0.3 is 4.90 Å². The van der Waals surface area contributed by atoms with Gasteiger partial charge in [0.05, 0.1) is 5.52 Å². The third-order valence-corrected chi connectivity index (χ3v) is 5.40. The molecule has 5 nitrogen and oxygen atoms in total. The Balaban J connectivity index is 1.98. The maximum atomic E-state index is 12.6. The van der Waals surface area contributed by atoms with Crippen LogP contribution in [0.3, 0.4) is 0 Å². The second-order valence-corrected chi connectivity index (χ2v) is 7.66. The molecule has 0 radical (unpaired) electrons. The maximum absolute atomic E-state index is 12.6. The lowest BCUT2D eigenvalue weighted by atomic mass is 10.2. The molecule has 0 aliphatic heterocycles. The molecule has 0 saturated heterocycles. The third kappa shape index (κ3) is 5.00. The number of hydrogen-bond donors (Lipinski definition) is 1. The van der Waals surface area contributed by atoms with Crippen molar-refractivity contribution < 1.29 is 8.42 Å². The molecule has 0 fully saturated rings. The third-order valence-electron chi connectivity index (χ3n) is 3.91. The Bertz CT molecular complexity index is 736. The summed E-state index contributed by atoms with van der Waals surface area (Å²) < 4.78 is 27.9. The monoisotopic (exact) mass is 349 g/mol. The van der Waals surface area contributed by atoms with Gasteiger partial charge in [-0.2, -0.15) is 0 Å². The number of pyridine rings is 1. The van der Waals surface area contributed by atoms with Crippen LogP contribution >= 0.6 is 0 Å². The van der Waals surface area contributed by atoms with E-state index in [2.05, 4.69) is 28.5 Å². The number of rotatable bonds is 10. The van der Waals surface area contributed by atoms with Crippen molar-refractivity contribution in [3.8, 4) is 0 Å². The van der Waals surface area contributed by atoms with Crippen LogP contribution in [0.1, 0.15) is 33.1 Å². The molecule has 0 bridgehead atoms. The molecular weight excluding hydrogens is 322 g/mol. The number of nitrogens with zero attached hydrogens (tertiary/aromatic N) is 2. The number of aromatic nitrogens is 1. The van der Waals surface area contributed by atoms with Crippen molar-refractivity contribution in [2.24, 2.45) is 0 Å². The zero-order valence-corrected chi connectivity index (χ0v) is 15.3. The van der Waals surface area contributed by atoms with Crippen molar-refractivity contribution in [2.45, 2.75) is 38.0 Å². The van der Waals surface area contributed by atoms with Gasteiger partial charge in [0.1, 0.15) is 4.90 Å². The first kappa shape index (κ1) is 18.8. The minimum atomic E-state index is -3.54. The Morgan fingerprint density at radius 3 is 2.46 bits per heavy atom. The highest BCUT2D eigenvalue weighted by atomic mass is 32.2. The topological polar surface area (TPSA) is 62.3 Å². The zero-order chi connectivity index (χ0) is 17.4. The number of nitrogens with one attached hydrogen (secondary N) is 1. The molecule has 0 saturated carbocycles. The van der Waals surface area contributed by atoms with Crippen LogP contribution < -0.4 is 4.72 Å². The second kappa shape index (κ2) is 9.11. The Hall–Kier alpha value is -1.50. The molecule has 0 aliphatic rings. The van der Waals surface area contributed by atoms with Crippen LogP contribution in [0.5, 0.6) is 0 Å². The molecule has 6 heteroatoms. The van der Waals surface area contributed by atoms with E-state index in [4.69, 9.17) is 0 Å². The first-order valence-electron chi connectivity index (χ1n) is 8.64. The number of hydrogen-bond acceptors (Lipinski definition) is 4. The van der Waals surface area contributed by atoms with Crippen molar-refractivity contribution in [3.05, 3.63) is 36.5 Å². The maximum Gasteiger partial charge on any atom is 0.242 e. The molecule has 1 N–H and O–H groups in total. The molecule has 1 aromatic heterocycles. The van der Waals surface area contributed by atoms with Crippen LogP contribution in [-0.4, -0.2) is 44.5 Å². The first-order chi connectivity index (χ1) is 11.6. The fourth-order valence-corrected chi connectivity index (χ4v) is 4.10. The summed E-state index contributed by atoms with van der Waals surface area (Å²) in [6.07, 6.45) is 4.66. The summed E-state index contributed by atoms with van der Waals surface area (Å²) in [6.45, 7) is 7.81. The molecule has 132 valence electrons. The van der Waals surface area contributed by atoms with Crippen molar-refractivity contribution in [2.75, 3.05) is 26.2 Å². The van der Waals surface area contributed by atoms with Gasteiger partial charge in [-0.15, -0.1) is 0 Å². The van der Waals surface area contributed by atoms with Crippen LogP contribution in [0.4, 0.5) is 0 Å². The first-order valence-corrected chi connectivity index (χ1v) is 10.1. The summed E-state index contributed by atoms with van der Waals surface area (Å²) in [7, 11) is -3.54. The number of para-hydroxylation sites is 1. The summed E-state index contributed by atoms with van der Waals surface area (Å²) in [5.74, 6) is 0. The van der Waals surface area contributed by atoms with Gasteiger partial charge in [0.25, 0.3) is 0 Å². The van der Waals surface area contributed by atoms with E-state index in [0.717, 1.165) is 44.3 Å². The number of benzene rings is 1. The number of fused-ring (bicyclic) bond motifs is 1. The highest BCUT2D eigenvalue weighted by molar-refractivity contribution is 7.89. The van der Waals surface area contributed by atoms with Crippen LogP contribution in [-0.2, 0) is 10.0 Å². The molecule has 2 aromatic rings. The molecule has 0 amide bonds. The van der Waals surface area contributed by atoms with E-state index < -0.39 is 10.0 Å². The molecule has 1 aromatic carbocycles. The van der Waals surface area contributed by atoms with Gasteiger partial charge in [0.15, 0.2) is 0 Å². The lowest BCUT2D eigenvalue weighted by molar-refractivity contribution is 0.272. The van der Waals surface area contributed by atoms with Gasteiger partial charge in [0.2, 0.25) is 10.0 Å². The second-order valence-electron chi connectivity index (χ2n) is 5.92. The SMILES string of the molecule is CCCN(CCC)CCCNS(=O)(=O)c1cccc2cccnc12. The Morgan fingerprint density at radius 2 is 1.75 bits per heavy atom. The fourth-order valence-electron chi connectivity index (χ4n) is 2.85. The van der Waals surface area contributed by atoms with Crippen molar-refractivity contribution >= 4 is 20.9 Å². The number of sulfonamides is 1. The van der Waals surface area contributed by atoms with Gasteiger partial charge in [-0.3, -0.25) is 4.98 Å². The summed E-state index contributed by atoms with van der Waals surface area (Å²) in [6, 6.07) is 8.91. The van der Waals surface area contributed by atoms with Gasteiger partial charge in [0, 0.05) is 18.1 Å². The zero-order valence-electron chi connectivity index (χ0n) is 14.5. The molecule has 0 atom stereocenters. The average Bonchev–Trinajstić information content (AvgIpc) is 2.58. The lowest BCUT2D eigenvalue weighted by Gasteiger charge is -2.20. The Kier molecular flexibility index (Phi) is 7.15. The van der Waals surface area contributed by atoms with E-state index in [9.17, 15) is 8.42 Å². The van der Waals surface area contributed by atoms with Gasteiger partial charge in [-0.05, 0) is 51.0 Å².